The van der Waals surface area contributed by atoms with Gasteiger partial charge in [0.05, 0.1) is 0 Å². The molecule has 1 rings (SSSR count). The molecule has 1 aromatic rings. The van der Waals surface area contributed by atoms with Gasteiger partial charge in [0.2, 0.25) is 5.67 Å². The number of benzene rings is 1. The zero-order valence-corrected chi connectivity index (χ0v) is 15.7. The molecule has 7 heteroatoms. The van der Waals surface area contributed by atoms with E-state index in [4.69, 9.17) is 21.7 Å². The number of hydrogen-bond donors (Lipinski definition) is 4. The van der Waals surface area contributed by atoms with Crippen LogP contribution >= 0.6 is 0 Å². The molecule has 0 saturated carbocycles. The molecule has 0 aliphatic carbocycles. The standard InChI is InChI=1S/C13H17FO2.C6H14N2O2/c1-9(2)8-10-4-6-11(7-5-10)13(3,14)12(15)16;7-4-2-1-3-5(8)6(9)10/h4-7,9H,8H2,1-3H3,(H,15,16);5H,1-4,7-8H2,(H,9,10)/t;5-/m.0/s1. The minimum absolute atomic E-state index is 0.188. The monoisotopic (exact) mass is 370 g/mol. The summed E-state index contributed by atoms with van der Waals surface area (Å²) in [5.41, 5.74) is 9.39. The zero-order chi connectivity index (χ0) is 20.3. The van der Waals surface area contributed by atoms with Crippen molar-refractivity contribution >= 4 is 11.9 Å². The van der Waals surface area contributed by atoms with Crippen LogP contribution in [0.3, 0.4) is 0 Å². The SMILES string of the molecule is CC(C)Cc1ccc(C(C)(F)C(=O)O)cc1.NCCCC[C@H](N)C(=O)O. The molecular formula is C19H31FN2O4. The van der Waals surface area contributed by atoms with Gasteiger partial charge in [-0.2, -0.15) is 0 Å². The van der Waals surface area contributed by atoms with Crippen molar-refractivity contribution in [2.75, 3.05) is 6.54 Å². The normalized spacial score (nSPS) is 14.1. The van der Waals surface area contributed by atoms with E-state index in [0.717, 1.165) is 31.7 Å². The fraction of sp³-hybridized carbons (Fsp3) is 0.579. The van der Waals surface area contributed by atoms with Gasteiger partial charge in [0.25, 0.3) is 0 Å². The van der Waals surface area contributed by atoms with Gasteiger partial charge in [-0.25, -0.2) is 9.18 Å². The summed E-state index contributed by atoms with van der Waals surface area (Å²) < 4.78 is 13.7. The Morgan fingerprint density at radius 2 is 1.69 bits per heavy atom. The number of carboxylic acids is 2. The van der Waals surface area contributed by atoms with Crippen LogP contribution in [0.1, 0.15) is 51.2 Å². The minimum Gasteiger partial charge on any atom is -0.480 e. The van der Waals surface area contributed by atoms with Crippen molar-refractivity contribution < 1.29 is 24.2 Å². The Balaban J connectivity index is 0.000000541. The topological polar surface area (TPSA) is 127 Å². The van der Waals surface area contributed by atoms with Crippen LogP contribution in [0.15, 0.2) is 24.3 Å². The lowest BCUT2D eigenvalue weighted by atomic mass is 9.95. The minimum atomic E-state index is -2.31. The lowest BCUT2D eigenvalue weighted by Gasteiger charge is -2.16. The lowest BCUT2D eigenvalue weighted by molar-refractivity contribution is -0.150. The molecule has 1 aromatic carbocycles. The molecule has 6 N–H and O–H groups in total. The second-order valence-corrected chi connectivity index (χ2v) is 6.83. The molecule has 6 nitrogen and oxygen atoms in total. The Morgan fingerprint density at radius 3 is 2.08 bits per heavy atom. The van der Waals surface area contributed by atoms with E-state index in [9.17, 15) is 14.0 Å². The van der Waals surface area contributed by atoms with E-state index in [1.165, 1.54) is 0 Å². The molecule has 1 unspecified atom stereocenters. The van der Waals surface area contributed by atoms with E-state index in [2.05, 4.69) is 13.8 Å². The zero-order valence-electron chi connectivity index (χ0n) is 15.7. The van der Waals surface area contributed by atoms with Crippen molar-refractivity contribution in [3.05, 3.63) is 35.4 Å². The molecule has 0 heterocycles. The number of aliphatic carboxylic acids is 2. The molecule has 0 fully saturated rings. The van der Waals surface area contributed by atoms with Crippen LogP contribution in [-0.4, -0.2) is 34.7 Å². The Labute approximate surface area is 154 Å². The van der Waals surface area contributed by atoms with E-state index >= 15 is 0 Å². The van der Waals surface area contributed by atoms with Gasteiger partial charge in [0, 0.05) is 5.56 Å². The largest absolute Gasteiger partial charge is 0.480 e. The third-order valence-corrected chi connectivity index (χ3v) is 3.83. The van der Waals surface area contributed by atoms with Gasteiger partial charge in [0.15, 0.2) is 0 Å². The fourth-order valence-electron chi connectivity index (χ4n) is 2.18. The summed E-state index contributed by atoms with van der Waals surface area (Å²) in [6, 6.07) is 5.95. The van der Waals surface area contributed by atoms with Crippen molar-refractivity contribution in [2.24, 2.45) is 17.4 Å². The molecule has 0 aliphatic rings. The van der Waals surface area contributed by atoms with Crippen molar-refractivity contribution in [2.45, 2.75) is 58.2 Å². The summed E-state index contributed by atoms with van der Waals surface area (Å²) in [6.07, 6.45) is 3.08. The van der Waals surface area contributed by atoms with Crippen molar-refractivity contribution in [3.8, 4) is 0 Å². The Morgan fingerprint density at radius 1 is 1.15 bits per heavy atom. The quantitative estimate of drug-likeness (QED) is 0.495. The predicted molar refractivity (Wildman–Crippen MR) is 99.6 cm³/mol. The van der Waals surface area contributed by atoms with E-state index in [1.54, 1.807) is 24.3 Å². The first-order valence-corrected chi connectivity index (χ1v) is 8.72. The second-order valence-electron chi connectivity index (χ2n) is 6.83. The summed E-state index contributed by atoms with van der Waals surface area (Å²) in [6.45, 7) is 5.87. The summed E-state index contributed by atoms with van der Waals surface area (Å²) >= 11 is 0. The van der Waals surface area contributed by atoms with Crippen LogP contribution in [0.2, 0.25) is 0 Å². The van der Waals surface area contributed by atoms with Crippen LogP contribution in [0.5, 0.6) is 0 Å². The third-order valence-electron chi connectivity index (χ3n) is 3.83. The first kappa shape index (κ1) is 24.0. The first-order valence-electron chi connectivity index (χ1n) is 8.72. The number of unbranched alkanes of at least 4 members (excludes halogenated alkanes) is 1. The molecular weight excluding hydrogens is 339 g/mol. The highest BCUT2D eigenvalue weighted by atomic mass is 19.1. The molecule has 0 spiro atoms. The molecule has 0 saturated heterocycles. The fourth-order valence-corrected chi connectivity index (χ4v) is 2.18. The number of rotatable bonds is 9. The average molecular weight is 370 g/mol. The first-order chi connectivity index (χ1) is 12.0. The van der Waals surface area contributed by atoms with Crippen molar-refractivity contribution in [1.29, 1.82) is 0 Å². The smallest absolute Gasteiger partial charge is 0.345 e. The van der Waals surface area contributed by atoms with E-state index in [0.29, 0.717) is 18.9 Å². The van der Waals surface area contributed by atoms with Crippen LogP contribution in [0, 0.1) is 5.92 Å². The maximum atomic E-state index is 13.7. The molecule has 0 radical (unpaired) electrons. The molecule has 148 valence electrons. The summed E-state index contributed by atoms with van der Waals surface area (Å²) in [7, 11) is 0. The molecule has 2 atom stereocenters. The molecule has 0 bridgehead atoms. The van der Waals surface area contributed by atoms with Gasteiger partial charge in [-0.15, -0.1) is 0 Å². The van der Waals surface area contributed by atoms with E-state index in [-0.39, 0.29) is 5.56 Å². The summed E-state index contributed by atoms with van der Waals surface area (Å²) in [5, 5.41) is 17.1. The summed E-state index contributed by atoms with van der Waals surface area (Å²) in [4.78, 5) is 20.8. The van der Waals surface area contributed by atoms with Crippen LogP contribution in [0.25, 0.3) is 0 Å². The summed E-state index contributed by atoms with van der Waals surface area (Å²) in [5.74, 6) is -1.86. The number of halogens is 1. The molecule has 0 aromatic heterocycles. The number of alkyl halides is 1. The Hall–Kier alpha value is -1.99. The highest BCUT2D eigenvalue weighted by molar-refractivity contribution is 5.78. The third kappa shape index (κ3) is 8.92. The highest BCUT2D eigenvalue weighted by Crippen LogP contribution is 2.26. The number of carboxylic acid groups (broad SMARTS) is 2. The lowest BCUT2D eigenvalue weighted by Crippen LogP contribution is -2.29. The maximum absolute atomic E-state index is 13.7. The number of hydrogen-bond acceptors (Lipinski definition) is 4. The molecule has 0 aliphatic heterocycles. The highest BCUT2D eigenvalue weighted by Gasteiger charge is 2.34. The maximum Gasteiger partial charge on any atom is 0.345 e. The van der Waals surface area contributed by atoms with E-state index in [1.807, 2.05) is 0 Å². The predicted octanol–water partition coefficient (Wildman–Crippen LogP) is 2.68. The number of carbonyl (C=O) groups is 2. The average Bonchev–Trinajstić information content (AvgIpc) is 2.55. The van der Waals surface area contributed by atoms with Crippen LogP contribution < -0.4 is 11.5 Å². The second kappa shape index (κ2) is 11.6. The van der Waals surface area contributed by atoms with Crippen molar-refractivity contribution in [1.82, 2.24) is 0 Å². The van der Waals surface area contributed by atoms with Gasteiger partial charge in [0.1, 0.15) is 6.04 Å². The van der Waals surface area contributed by atoms with Crippen LogP contribution in [-0.2, 0) is 21.7 Å². The molecule has 0 amide bonds. The van der Waals surface area contributed by atoms with E-state index < -0.39 is 23.6 Å². The van der Waals surface area contributed by atoms with Gasteiger partial charge < -0.3 is 21.7 Å². The Kier molecular flexibility index (Phi) is 10.7. The van der Waals surface area contributed by atoms with Crippen molar-refractivity contribution in [3.63, 3.8) is 0 Å². The van der Waals surface area contributed by atoms with Gasteiger partial charge in [-0.3, -0.25) is 4.79 Å². The van der Waals surface area contributed by atoms with Gasteiger partial charge in [-0.1, -0.05) is 44.5 Å². The van der Waals surface area contributed by atoms with Gasteiger partial charge in [-0.05, 0) is 44.2 Å². The Bertz CT molecular complexity index is 559. The van der Waals surface area contributed by atoms with Gasteiger partial charge >= 0.3 is 11.9 Å². The number of nitrogens with two attached hydrogens (primary N) is 2. The van der Waals surface area contributed by atoms with Crippen LogP contribution in [0.4, 0.5) is 4.39 Å². The molecule has 26 heavy (non-hydrogen) atoms.